The first-order chi connectivity index (χ1) is 19.0. The fourth-order valence-corrected chi connectivity index (χ4v) is 4.82. The van der Waals surface area contributed by atoms with Gasteiger partial charge in [0.15, 0.2) is 0 Å². The summed E-state index contributed by atoms with van der Waals surface area (Å²) in [7, 11) is 1.19. The standard InChI is InChI=1S/C28H28F4N6O2/c1-27(33-2,28(30,31)32)16-3-5-20(29)19(13-16)22-14-23(25-21(36-22)7-10-34-26(25)40)37-24-6-4-17(15-35-24)38-11-8-18(39)9-12-38/h3-7,10,13-15,18,33,39H,8-9,11-12H2,1-2H3,(H,34,40)(H,35,36,37). The number of hydrogen-bond donors (Lipinski definition) is 4. The fourth-order valence-electron chi connectivity index (χ4n) is 4.82. The molecule has 4 aromatic rings. The molecule has 0 bridgehead atoms. The first-order valence-corrected chi connectivity index (χ1v) is 12.7. The van der Waals surface area contributed by atoms with Crippen LogP contribution in [0.2, 0.25) is 0 Å². The number of alkyl halides is 3. The van der Waals surface area contributed by atoms with Crippen molar-refractivity contribution >= 4 is 28.1 Å². The molecule has 40 heavy (non-hydrogen) atoms. The molecule has 1 saturated heterocycles. The van der Waals surface area contributed by atoms with Gasteiger partial charge in [-0.25, -0.2) is 14.4 Å². The topological polar surface area (TPSA) is 106 Å². The van der Waals surface area contributed by atoms with Gasteiger partial charge in [0.1, 0.15) is 17.2 Å². The van der Waals surface area contributed by atoms with Crippen molar-refractivity contribution < 1.29 is 22.7 Å². The first kappa shape index (κ1) is 27.5. The number of benzene rings is 1. The second-order valence-corrected chi connectivity index (χ2v) is 9.93. The average molecular weight is 557 g/mol. The average Bonchev–Trinajstić information content (AvgIpc) is 2.93. The molecule has 4 heterocycles. The Bertz CT molecular complexity index is 1580. The third-order valence-corrected chi connectivity index (χ3v) is 7.46. The molecule has 0 aliphatic carbocycles. The van der Waals surface area contributed by atoms with Crippen LogP contribution in [0.25, 0.3) is 22.2 Å². The molecule has 3 aromatic heterocycles. The molecule has 5 rings (SSSR count). The number of hydrogen-bond acceptors (Lipinski definition) is 7. The van der Waals surface area contributed by atoms with Crippen molar-refractivity contribution in [3.05, 3.63) is 76.6 Å². The van der Waals surface area contributed by atoms with Gasteiger partial charge in [0.2, 0.25) is 0 Å². The number of piperidine rings is 1. The number of aromatic nitrogens is 3. The molecule has 0 radical (unpaired) electrons. The molecule has 1 aliphatic rings. The number of nitrogens with one attached hydrogen (secondary N) is 3. The SMILES string of the molecule is CNC(C)(c1ccc(F)c(-c2cc(Nc3ccc(N4CCC(O)CC4)cn3)c3c(=O)[nH]ccc3n2)c1)C(F)(F)F. The Kier molecular flexibility index (Phi) is 7.23. The minimum absolute atomic E-state index is 0.0454. The van der Waals surface area contributed by atoms with Crippen molar-refractivity contribution in [1.82, 2.24) is 20.3 Å². The van der Waals surface area contributed by atoms with Crippen LogP contribution >= 0.6 is 0 Å². The van der Waals surface area contributed by atoms with E-state index in [4.69, 9.17) is 0 Å². The largest absolute Gasteiger partial charge is 0.410 e. The van der Waals surface area contributed by atoms with E-state index in [1.807, 2.05) is 6.07 Å². The summed E-state index contributed by atoms with van der Waals surface area (Å²) in [5, 5.41) is 15.3. The van der Waals surface area contributed by atoms with Gasteiger partial charge in [0, 0.05) is 24.8 Å². The molecule has 0 saturated carbocycles. The Hall–Kier alpha value is -4.03. The van der Waals surface area contributed by atoms with Crippen LogP contribution in [0.15, 0.2) is 59.7 Å². The van der Waals surface area contributed by atoms with E-state index in [-0.39, 0.29) is 39.5 Å². The predicted molar refractivity (Wildman–Crippen MR) is 145 cm³/mol. The van der Waals surface area contributed by atoms with E-state index in [2.05, 4.69) is 30.5 Å². The van der Waals surface area contributed by atoms with Crippen molar-refractivity contribution in [2.75, 3.05) is 30.4 Å². The van der Waals surface area contributed by atoms with E-state index in [9.17, 15) is 23.1 Å². The smallest absolute Gasteiger partial charge is 0.393 e. The molecule has 1 atom stereocenters. The summed E-state index contributed by atoms with van der Waals surface area (Å²) in [6, 6.07) is 9.72. The zero-order chi connectivity index (χ0) is 28.7. The molecular formula is C28H28F4N6O2. The molecule has 1 fully saturated rings. The number of rotatable bonds is 6. The Morgan fingerprint density at radius 1 is 1.10 bits per heavy atom. The Labute approximate surface area is 227 Å². The van der Waals surface area contributed by atoms with Crippen molar-refractivity contribution in [2.45, 2.75) is 37.6 Å². The van der Waals surface area contributed by atoms with Crippen molar-refractivity contribution in [2.24, 2.45) is 0 Å². The van der Waals surface area contributed by atoms with Gasteiger partial charge >= 0.3 is 6.18 Å². The van der Waals surface area contributed by atoms with E-state index in [1.165, 1.54) is 25.4 Å². The lowest BCUT2D eigenvalue weighted by molar-refractivity contribution is -0.193. The van der Waals surface area contributed by atoms with Crippen LogP contribution < -0.4 is 21.1 Å². The lowest BCUT2D eigenvalue weighted by atomic mass is 9.89. The van der Waals surface area contributed by atoms with Gasteiger partial charge in [-0.1, -0.05) is 6.07 Å². The number of pyridine rings is 3. The molecule has 0 spiro atoms. The van der Waals surface area contributed by atoms with Gasteiger partial charge in [-0.2, -0.15) is 13.2 Å². The van der Waals surface area contributed by atoms with Gasteiger partial charge in [-0.05, 0) is 68.8 Å². The molecular weight excluding hydrogens is 528 g/mol. The summed E-state index contributed by atoms with van der Waals surface area (Å²) in [5.74, 6) is -0.363. The Morgan fingerprint density at radius 3 is 2.50 bits per heavy atom. The van der Waals surface area contributed by atoms with Gasteiger partial charge in [0.05, 0.1) is 40.3 Å². The van der Waals surface area contributed by atoms with E-state index < -0.39 is 23.1 Å². The highest BCUT2D eigenvalue weighted by atomic mass is 19.4. The number of aliphatic hydroxyl groups excluding tert-OH is 1. The van der Waals surface area contributed by atoms with Gasteiger partial charge < -0.3 is 25.6 Å². The number of nitrogens with zero attached hydrogens (tertiary/aromatic N) is 3. The summed E-state index contributed by atoms with van der Waals surface area (Å²) >= 11 is 0. The molecule has 0 amide bonds. The normalized spacial score (nSPS) is 16.2. The maximum Gasteiger partial charge on any atom is 0.410 e. The van der Waals surface area contributed by atoms with Crippen molar-refractivity contribution in [3.63, 3.8) is 0 Å². The third kappa shape index (κ3) is 5.11. The maximum absolute atomic E-state index is 15.1. The van der Waals surface area contributed by atoms with E-state index >= 15 is 4.39 Å². The van der Waals surface area contributed by atoms with Crippen molar-refractivity contribution in [1.29, 1.82) is 0 Å². The number of aromatic amines is 1. The van der Waals surface area contributed by atoms with Crippen LogP contribution in [0.5, 0.6) is 0 Å². The summed E-state index contributed by atoms with van der Waals surface area (Å²) < 4.78 is 56.8. The zero-order valence-electron chi connectivity index (χ0n) is 21.8. The van der Waals surface area contributed by atoms with Gasteiger partial charge in [-0.3, -0.25) is 4.79 Å². The van der Waals surface area contributed by atoms with Crippen LogP contribution in [0, 0.1) is 5.82 Å². The van der Waals surface area contributed by atoms with Gasteiger partial charge in [0.25, 0.3) is 5.56 Å². The predicted octanol–water partition coefficient (Wildman–Crippen LogP) is 4.83. The van der Waals surface area contributed by atoms with Crippen LogP contribution in [0.4, 0.5) is 34.8 Å². The number of fused-ring (bicyclic) bond motifs is 1. The monoisotopic (exact) mass is 556 g/mol. The Morgan fingerprint density at radius 2 is 1.85 bits per heavy atom. The number of aliphatic hydroxyl groups is 1. The van der Waals surface area contributed by atoms with Crippen LogP contribution in [-0.2, 0) is 5.54 Å². The number of H-pyrrole nitrogens is 1. The number of halogens is 4. The fraction of sp³-hybridized carbons (Fsp3) is 0.321. The maximum atomic E-state index is 15.1. The summed E-state index contributed by atoms with van der Waals surface area (Å²) in [4.78, 5) is 26.3. The van der Waals surface area contributed by atoms with E-state index in [0.29, 0.717) is 31.7 Å². The zero-order valence-corrected chi connectivity index (χ0v) is 21.8. The molecule has 12 heteroatoms. The minimum atomic E-state index is -4.65. The minimum Gasteiger partial charge on any atom is -0.393 e. The van der Waals surface area contributed by atoms with Crippen LogP contribution in [-0.4, -0.2) is 52.5 Å². The lowest BCUT2D eigenvalue weighted by Gasteiger charge is -2.32. The molecule has 1 aromatic carbocycles. The molecule has 4 N–H and O–H groups in total. The Balaban J connectivity index is 1.55. The van der Waals surface area contributed by atoms with Crippen LogP contribution in [0.1, 0.15) is 25.3 Å². The second-order valence-electron chi connectivity index (χ2n) is 9.93. The first-order valence-electron chi connectivity index (χ1n) is 12.7. The second kappa shape index (κ2) is 10.5. The highest BCUT2D eigenvalue weighted by Gasteiger charge is 2.51. The van der Waals surface area contributed by atoms with E-state index in [1.54, 1.807) is 12.3 Å². The van der Waals surface area contributed by atoms with Crippen LogP contribution in [0.3, 0.4) is 0 Å². The lowest BCUT2D eigenvalue weighted by Crippen LogP contribution is -2.49. The molecule has 1 unspecified atom stereocenters. The highest BCUT2D eigenvalue weighted by molar-refractivity contribution is 5.94. The summed E-state index contributed by atoms with van der Waals surface area (Å²) in [6.07, 6.45) is -0.552. The van der Waals surface area contributed by atoms with E-state index in [0.717, 1.165) is 30.8 Å². The summed E-state index contributed by atoms with van der Waals surface area (Å²) in [5.41, 5.74) is -1.80. The molecule has 210 valence electrons. The molecule has 8 nitrogen and oxygen atoms in total. The number of anilines is 3. The van der Waals surface area contributed by atoms with Gasteiger partial charge in [-0.15, -0.1) is 0 Å². The summed E-state index contributed by atoms with van der Waals surface area (Å²) in [6.45, 7) is 2.38. The highest BCUT2D eigenvalue weighted by Crippen LogP contribution is 2.40. The third-order valence-electron chi connectivity index (χ3n) is 7.46. The van der Waals surface area contributed by atoms with Crippen molar-refractivity contribution in [3.8, 4) is 11.3 Å². The molecule has 1 aliphatic heterocycles. The quantitative estimate of drug-likeness (QED) is 0.252.